The van der Waals surface area contributed by atoms with Crippen LogP contribution in [0.25, 0.3) is 0 Å². The molecule has 5 heteroatoms. The molecule has 0 aromatic heterocycles. The zero-order valence-electron chi connectivity index (χ0n) is 10.5. The van der Waals surface area contributed by atoms with Gasteiger partial charge in [0.25, 0.3) is 0 Å². The van der Waals surface area contributed by atoms with Gasteiger partial charge in [-0.25, -0.2) is 8.42 Å². The molecule has 100 valence electrons. The molecule has 0 saturated carbocycles. The molecule has 1 aliphatic rings. The summed E-state index contributed by atoms with van der Waals surface area (Å²) in [7, 11) is -3.08. The van der Waals surface area contributed by atoms with Crippen molar-refractivity contribution < 1.29 is 13.2 Å². The average molecular weight is 269 g/mol. The third kappa shape index (κ3) is 3.03. The third-order valence-electron chi connectivity index (χ3n) is 3.19. The summed E-state index contributed by atoms with van der Waals surface area (Å²) < 4.78 is 29.6. The molecule has 2 N–H and O–H groups in total. The molecule has 0 fully saturated rings. The van der Waals surface area contributed by atoms with Gasteiger partial charge in [0.2, 0.25) is 0 Å². The van der Waals surface area contributed by atoms with Gasteiger partial charge in [0, 0.05) is 11.5 Å². The van der Waals surface area contributed by atoms with Crippen molar-refractivity contribution in [2.45, 2.75) is 12.8 Å². The van der Waals surface area contributed by atoms with Gasteiger partial charge in [0.05, 0.1) is 18.1 Å². The highest BCUT2D eigenvalue weighted by molar-refractivity contribution is 7.91. The number of fused-ring (bicyclic) bond motifs is 1. The number of benzene rings is 1. The van der Waals surface area contributed by atoms with Crippen LogP contribution in [0.3, 0.4) is 0 Å². The van der Waals surface area contributed by atoms with Crippen LogP contribution in [-0.2, 0) is 9.84 Å². The molecular formula is C13H19NO3S. The van der Waals surface area contributed by atoms with E-state index in [1.165, 1.54) is 0 Å². The van der Waals surface area contributed by atoms with Crippen molar-refractivity contribution in [3.8, 4) is 5.75 Å². The van der Waals surface area contributed by atoms with Gasteiger partial charge in [0.15, 0.2) is 9.84 Å². The Labute approximate surface area is 108 Å². The second kappa shape index (κ2) is 5.28. The number of para-hydroxylation sites is 1. The minimum Gasteiger partial charge on any atom is -0.493 e. The number of sulfone groups is 1. The standard InChI is InChI=1S/C13H19NO3S/c1-10(6-14)8-18(15,16)9-11-7-17-13-5-3-2-4-12(11)13/h2-5,10-11H,6-9,14H2,1H3. The Balaban J connectivity index is 2.08. The second-order valence-corrected chi connectivity index (χ2v) is 7.12. The highest BCUT2D eigenvalue weighted by atomic mass is 32.2. The SMILES string of the molecule is CC(CN)CS(=O)(=O)CC1COc2ccccc21. The van der Waals surface area contributed by atoms with Gasteiger partial charge in [-0.3, -0.25) is 0 Å². The van der Waals surface area contributed by atoms with Crippen LogP contribution in [0, 0.1) is 5.92 Å². The number of hydrogen-bond donors (Lipinski definition) is 1. The van der Waals surface area contributed by atoms with Gasteiger partial charge < -0.3 is 10.5 Å². The van der Waals surface area contributed by atoms with Gasteiger partial charge in [-0.05, 0) is 18.5 Å². The molecule has 0 spiro atoms. The monoisotopic (exact) mass is 269 g/mol. The third-order valence-corrected chi connectivity index (χ3v) is 5.18. The lowest BCUT2D eigenvalue weighted by atomic mass is 10.0. The Morgan fingerprint density at radius 1 is 1.44 bits per heavy atom. The molecule has 0 bridgehead atoms. The van der Waals surface area contributed by atoms with Crippen molar-refractivity contribution in [1.29, 1.82) is 0 Å². The molecule has 1 aromatic rings. The highest BCUT2D eigenvalue weighted by Crippen LogP contribution is 2.34. The summed E-state index contributed by atoms with van der Waals surface area (Å²) in [4.78, 5) is 0. The summed E-state index contributed by atoms with van der Waals surface area (Å²) >= 11 is 0. The van der Waals surface area contributed by atoms with Crippen LogP contribution in [0.2, 0.25) is 0 Å². The average Bonchev–Trinajstić information content (AvgIpc) is 2.71. The molecule has 2 unspecified atom stereocenters. The van der Waals surface area contributed by atoms with Crippen molar-refractivity contribution in [1.82, 2.24) is 0 Å². The Morgan fingerprint density at radius 3 is 2.89 bits per heavy atom. The molecule has 1 heterocycles. The molecule has 2 rings (SSSR count). The quantitative estimate of drug-likeness (QED) is 0.871. The number of ether oxygens (including phenoxy) is 1. The first-order chi connectivity index (χ1) is 8.52. The van der Waals surface area contributed by atoms with E-state index in [0.29, 0.717) is 13.2 Å². The minimum absolute atomic E-state index is 0.00700. The van der Waals surface area contributed by atoms with E-state index in [9.17, 15) is 8.42 Å². The minimum atomic E-state index is -3.08. The summed E-state index contributed by atoms with van der Waals surface area (Å²) in [6, 6.07) is 7.63. The molecule has 0 aliphatic carbocycles. The van der Waals surface area contributed by atoms with Crippen LogP contribution < -0.4 is 10.5 Å². The molecule has 0 radical (unpaired) electrons. The van der Waals surface area contributed by atoms with Crippen LogP contribution in [0.4, 0.5) is 0 Å². The lowest BCUT2D eigenvalue weighted by molar-refractivity contribution is 0.337. The first-order valence-corrected chi connectivity index (χ1v) is 7.96. The molecule has 2 atom stereocenters. The van der Waals surface area contributed by atoms with E-state index in [-0.39, 0.29) is 23.3 Å². The maximum Gasteiger partial charge on any atom is 0.151 e. The fourth-order valence-electron chi connectivity index (χ4n) is 2.24. The molecule has 0 amide bonds. The zero-order chi connectivity index (χ0) is 13.2. The lowest BCUT2D eigenvalue weighted by Crippen LogP contribution is -2.25. The van der Waals surface area contributed by atoms with Crippen molar-refractivity contribution >= 4 is 9.84 Å². The van der Waals surface area contributed by atoms with Gasteiger partial charge in [-0.15, -0.1) is 0 Å². The first-order valence-electron chi connectivity index (χ1n) is 6.14. The molecule has 1 aliphatic heterocycles. The van der Waals surface area contributed by atoms with E-state index in [4.69, 9.17) is 10.5 Å². The van der Waals surface area contributed by atoms with Crippen LogP contribution in [0.15, 0.2) is 24.3 Å². The fourth-order valence-corrected chi connectivity index (χ4v) is 4.27. The van der Waals surface area contributed by atoms with E-state index in [1.807, 2.05) is 31.2 Å². The van der Waals surface area contributed by atoms with E-state index in [2.05, 4.69) is 0 Å². The topological polar surface area (TPSA) is 69.4 Å². The molecule has 4 nitrogen and oxygen atoms in total. The number of hydrogen-bond acceptors (Lipinski definition) is 4. The Morgan fingerprint density at radius 2 is 2.17 bits per heavy atom. The van der Waals surface area contributed by atoms with Gasteiger partial charge in [0.1, 0.15) is 5.75 Å². The van der Waals surface area contributed by atoms with E-state index in [0.717, 1.165) is 11.3 Å². The van der Waals surface area contributed by atoms with E-state index in [1.54, 1.807) is 0 Å². The molecule has 1 aromatic carbocycles. The molecular weight excluding hydrogens is 250 g/mol. The van der Waals surface area contributed by atoms with Crippen LogP contribution in [0.5, 0.6) is 5.75 Å². The summed E-state index contributed by atoms with van der Waals surface area (Å²) in [5, 5.41) is 0. The van der Waals surface area contributed by atoms with Crippen molar-refractivity contribution in [2.75, 3.05) is 24.7 Å². The van der Waals surface area contributed by atoms with Crippen LogP contribution >= 0.6 is 0 Å². The summed E-state index contributed by atoms with van der Waals surface area (Å²) in [5.74, 6) is 1.07. The van der Waals surface area contributed by atoms with Crippen molar-refractivity contribution in [3.05, 3.63) is 29.8 Å². The smallest absolute Gasteiger partial charge is 0.151 e. The zero-order valence-corrected chi connectivity index (χ0v) is 11.3. The molecule has 0 saturated heterocycles. The largest absolute Gasteiger partial charge is 0.493 e. The van der Waals surface area contributed by atoms with Crippen LogP contribution in [0.1, 0.15) is 18.4 Å². The second-order valence-electron chi connectivity index (χ2n) is 4.96. The van der Waals surface area contributed by atoms with Crippen molar-refractivity contribution in [2.24, 2.45) is 11.7 Å². The van der Waals surface area contributed by atoms with E-state index < -0.39 is 9.84 Å². The summed E-state index contributed by atoms with van der Waals surface area (Å²) in [5.41, 5.74) is 6.48. The predicted molar refractivity (Wildman–Crippen MR) is 71.6 cm³/mol. The van der Waals surface area contributed by atoms with E-state index >= 15 is 0 Å². The van der Waals surface area contributed by atoms with Crippen LogP contribution in [-0.4, -0.2) is 33.1 Å². The summed E-state index contributed by atoms with van der Waals surface area (Å²) in [6.45, 7) is 2.71. The van der Waals surface area contributed by atoms with Gasteiger partial charge in [-0.2, -0.15) is 0 Å². The lowest BCUT2D eigenvalue weighted by Gasteiger charge is -2.12. The molecule has 18 heavy (non-hydrogen) atoms. The predicted octanol–water partition coefficient (Wildman–Crippen LogP) is 1.17. The maximum absolute atomic E-state index is 12.1. The number of rotatable bonds is 5. The Kier molecular flexibility index (Phi) is 3.92. The highest BCUT2D eigenvalue weighted by Gasteiger charge is 2.29. The first kappa shape index (κ1) is 13.4. The summed E-state index contributed by atoms with van der Waals surface area (Å²) in [6.07, 6.45) is 0. The fraction of sp³-hybridized carbons (Fsp3) is 0.538. The van der Waals surface area contributed by atoms with Gasteiger partial charge in [-0.1, -0.05) is 25.1 Å². The maximum atomic E-state index is 12.1. The normalized spacial score (nSPS) is 20.2. The van der Waals surface area contributed by atoms with Crippen molar-refractivity contribution in [3.63, 3.8) is 0 Å². The number of nitrogens with two attached hydrogens (primary N) is 1. The Bertz CT molecular complexity index is 513. The Hall–Kier alpha value is -1.07. The van der Waals surface area contributed by atoms with Gasteiger partial charge >= 0.3 is 0 Å².